The van der Waals surface area contributed by atoms with E-state index in [-0.39, 0.29) is 5.97 Å². The highest BCUT2D eigenvalue weighted by Crippen LogP contribution is 2.13. The SMILES string of the molecule is CCOC(=O)/C(C)=N/SCc1ccccc1. The van der Waals surface area contributed by atoms with E-state index in [1.807, 2.05) is 30.3 Å². The Hall–Kier alpha value is -1.29. The smallest absolute Gasteiger partial charge is 0.353 e. The Morgan fingerprint density at radius 2 is 2.06 bits per heavy atom. The van der Waals surface area contributed by atoms with Crippen LogP contribution in [0.5, 0.6) is 0 Å². The highest BCUT2D eigenvalue weighted by molar-refractivity contribution is 7.97. The molecule has 16 heavy (non-hydrogen) atoms. The van der Waals surface area contributed by atoms with Crippen LogP contribution in [0.15, 0.2) is 34.7 Å². The van der Waals surface area contributed by atoms with Gasteiger partial charge in [0.1, 0.15) is 5.71 Å². The molecule has 0 N–H and O–H groups in total. The van der Waals surface area contributed by atoms with Crippen LogP contribution in [-0.2, 0) is 15.3 Å². The average Bonchev–Trinajstić information content (AvgIpc) is 2.30. The molecule has 0 amide bonds. The summed E-state index contributed by atoms with van der Waals surface area (Å²) < 4.78 is 8.92. The first kappa shape index (κ1) is 12.8. The lowest BCUT2D eigenvalue weighted by Gasteiger charge is -2.00. The fourth-order valence-corrected chi connectivity index (χ4v) is 1.72. The minimum atomic E-state index is -0.344. The Morgan fingerprint density at radius 3 is 2.69 bits per heavy atom. The first-order valence-corrected chi connectivity index (χ1v) is 6.06. The summed E-state index contributed by atoms with van der Waals surface area (Å²) in [6.07, 6.45) is 0. The maximum absolute atomic E-state index is 11.2. The van der Waals surface area contributed by atoms with Gasteiger partial charge in [-0.15, -0.1) is 0 Å². The maximum Gasteiger partial charge on any atom is 0.353 e. The number of benzene rings is 1. The summed E-state index contributed by atoms with van der Waals surface area (Å²) in [5, 5.41) is 0. The number of nitrogens with zero attached hydrogens (tertiary/aromatic N) is 1. The van der Waals surface area contributed by atoms with Gasteiger partial charge in [0.25, 0.3) is 0 Å². The standard InChI is InChI=1S/C12H15NO2S/c1-3-15-12(14)10(2)13-16-9-11-7-5-4-6-8-11/h4-8H,3,9H2,1-2H3/b13-10+. The molecule has 0 saturated heterocycles. The molecule has 1 aromatic rings. The zero-order chi connectivity index (χ0) is 11.8. The zero-order valence-corrected chi connectivity index (χ0v) is 10.3. The summed E-state index contributed by atoms with van der Waals surface area (Å²) in [4.78, 5) is 11.2. The molecule has 1 rings (SSSR count). The van der Waals surface area contributed by atoms with Gasteiger partial charge >= 0.3 is 5.97 Å². The highest BCUT2D eigenvalue weighted by Gasteiger charge is 2.05. The van der Waals surface area contributed by atoms with Crippen molar-refractivity contribution in [2.45, 2.75) is 19.6 Å². The van der Waals surface area contributed by atoms with Crippen molar-refractivity contribution in [1.82, 2.24) is 0 Å². The van der Waals surface area contributed by atoms with Gasteiger partial charge in [0.2, 0.25) is 0 Å². The van der Waals surface area contributed by atoms with E-state index in [0.717, 1.165) is 5.75 Å². The van der Waals surface area contributed by atoms with Crippen LogP contribution >= 0.6 is 11.9 Å². The quantitative estimate of drug-likeness (QED) is 0.449. The van der Waals surface area contributed by atoms with Crippen molar-refractivity contribution in [3.05, 3.63) is 35.9 Å². The van der Waals surface area contributed by atoms with Crippen LogP contribution in [0, 0.1) is 0 Å². The van der Waals surface area contributed by atoms with Crippen LogP contribution in [0.4, 0.5) is 0 Å². The van der Waals surface area contributed by atoms with Crippen molar-refractivity contribution in [2.24, 2.45) is 4.40 Å². The fourth-order valence-electron chi connectivity index (χ4n) is 1.05. The summed E-state index contributed by atoms with van der Waals surface area (Å²) in [6, 6.07) is 10.0. The first-order valence-electron chi connectivity index (χ1n) is 5.11. The number of hydrogen-bond donors (Lipinski definition) is 0. The van der Waals surface area contributed by atoms with Gasteiger partial charge in [-0.3, -0.25) is 0 Å². The lowest BCUT2D eigenvalue weighted by atomic mass is 10.2. The molecule has 0 unspecified atom stereocenters. The largest absolute Gasteiger partial charge is 0.461 e. The Balaban J connectivity index is 2.39. The minimum absolute atomic E-state index is 0.344. The van der Waals surface area contributed by atoms with Crippen LogP contribution in [0.25, 0.3) is 0 Å². The first-order chi connectivity index (χ1) is 7.74. The second-order valence-corrected chi connectivity index (χ2v) is 3.89. The summed E-state index contributed by atoms with van der Waals surface area (Å²) in [5.41, 5.74) is 1.59. The van der Waals surface area contributed by atoms with Gasteiger partial charge < -0.3 is 4.74 Å². The van der Waals surface area contributed by atoms with E-state index in [1.165, 1.54) is 17.5 Å². The van der Waals surface area contributed by atoms with Crippen molar-refractivity contribution < 1.29 is 9.53 Å². The Bertz CT molecular complexity index is 363. The zero-order valence-electron chi connectivity index (χ0n) is 9.47. The lowest BCUT2D eigenvalue weighted by Crippen LogP contribution is -2.13. The molecule has 3 nitrogen and oxygen atoms in total. The number of rotatable bonds is 5. The van der Waals surface area contributed by atoms with Gasteiger partial charge in [-0.05, 0) is 31.4 Å². The summed E-state index contributed by atoms with van der Waals surface area (Å²) in [5.74, 6) is 0.417. The molecule has 0 saturated carbocycles. The van der Waals surface area contributed by atoms with Crippen LogP contribution in [0.3, 0.4) is 0 Å². The molecule has 1 aromatic carbocycles. The van der Waals surface area contributed by atoms with Gasteiger partial charge in [0, 0.05) is 5.75 Å². The molecule has 0 radical (unpaired) electrons. The normalized spacial score (nSPS) is 11.2. The molecule has 0 heterocycles. The second-order valence-electron chi connectivity index (χ2n) is 3.16. The third-order valence-corrected chi connectivity index (χ3v) is 2.71. The van der Waals surface area contributed by atoms with Gasteiger partial charge in [-0.25, -0.2) is 9.19 Å². The van der Waals surface area contributed by atoms with E-state index in [9.17, 15) is 4.79 Å². The summed E-state index contributed by atoms with van der Waals surface area (Å²) >= 11 is 1.36. The molecule has 86 valence electrons. The Labute approximate surface area is 100 Å². The molecule has 0 aliphatic rings. The van der Waals surface area contributed by atoms with E-state index < -0.39 is 0 Å². The number of ether oxygens (including phenoxy) is 1. The Kier molecular flexibility index (Phi) is 5.64. The molecule has 0 bridgehead atoms. The van der Waals surface area contributed by atoms with E-state index in [4.69, 9.17) is 4.74 Å². The lowest BCUT2D eigenvalue weighted by molar-refractivity contribution is -0.135. The van der Waals surface area contributed by atoms with Crippen LogP contribution in [-0.4, -0.2) is 18.3 Å². The topological polar surface area (TPSA) is 38.7 Å². The maximum atomic E-state index is 11.2. The highest BCUT2D eigenvalue weighted by atomic mass is 32.2. The second kappa shape index (κ2) is 7.06. The van der Waals surface area contributed by atoms with Gasteiger partial charge in [-0.1, -0.05) is 30.3 Å². The molecule has 4 heteroatoms. The molecule has 0 aromatic heterocycles. The van der Waals surface area contributed by atoms with Crippen LogP contribution < -0.4 is 0 Å². The molecule has 0 aliphatic heterocycles. The third kappa shape index (κ3) is 4.49. The molecule has 0 spiro atoms. The van der Waals surface area contributed by atoms with Gasteiger partial charge in [0.15, 0.2) is 0 Å². The van der Waals surface area contributed by atoms with Crippen LogP contribution in [0.1, 0.15) is 19.4 Å². The average molecular weight is 237 g/mol. The van der Waals surface area contributed by atoms with E-state index >= 15 is 0 Å². The van der Waals surface area contributed by atoms with Crippen molar-refractivity contribution >= 4 is 23.6 Å². The van der Waals surface area contributed by atoms with Crippen molar-refractivity contribution in [1.29, 1.82) is 0 Å². The Morgan fingerprint density at radius 1 is 1.38 bits per heavy atom. The number of esters is 1. The summed E-state index contributed by atoms with van der Waals surface area (Å²) in [7, 11) is 0. The fraction of sp³-hybridized carbons (Fsp3) is 0.333. The molecular formula is C12H15NO2S. The molecule has 0 atom stereocenters. The predicted molar refractivity (Wildman–Crippen MR) is 67.5 cm³/mol. The van der Waals surface area contributed by atoms with E-state index in [0.29, 0.717) is 12.3 Å². The number of carbonyl (C=O) groups excluding carboxylic acids is 1. The molecule has 0 aliphatic carbocycles. The number of hydrogen-bond acceptors (Lipinski definition) is 4. The molecule has 0 fully saturated rings. The third-order valence-electron chi connectivity index (χ3n) is 1.85. The van der Waals surface area contributed by atoms with Gasteiger partial charge in [0.05, 0.1) is 6.61 Å². The van der Waals surface area contributed by atoms with Gasteiger partial charge in [-0.2, -0.15) is 0 Å². The predicted octanol–water partition coefficient (Wildman–Crippen LogP) is 2.86. The monoisotopic (exact) mass is 237 g/mol. The summed E-state index contributed by atoms with van der Waals surface area (Å²) in [6.45, 7) is 3.83. The number of carbonyl (C=O) groups is 1. The van der Waals surface area contributed by atoms with Crippen molar-refractivity contribution in [3.63, 3.8) is 0 Å². The molecular weight excluding hydrogens is 222 g/mol. The van der Waals surface area contributed by atoms with Crippen molar-refractivity contribution in [2.75, 3.05) is 6.61 Å². The van der Waals surface area contributed by atoms with Crippen molar-refractivity contribution in [3.8, 4) is 0 Å². The minimum Gasteiger partial charge on any atom is -0.461 e. The van der Waals surface area contributed by atoms with E-state index in [2.05, 4.69) is 4.40 Å². The van der Waals surface area contributed by atoms with Crippen LogP contribution in [0.2, 0.25) is 0 Å². The van der Waals surface area contributed by atoms with E-state index in [1.54, 1.807) is 13.8 Å².